The molecule has 1 heteroatoms. The van der Waals surface area contributed by atoms with Crippen molar-refractivity contribution in [2.45, 2.75) is 26.7 Å². The second-order valence-corrected chi connectivity index (χ2v) is 3.93. The van der Waals surface area contributed by atoms with Crippen LogP contribution in [0.25, 0.3) is 10.9 Å². The zero-order valence-corrected chi connectivity index (χ0v) is 8.39. The molecule has 0 spiro atoms. The molecule has 1 nitrogen and oxygen atoms in total. The van der Waals surface area contributed by atoms with E-state index < -0.39 is 0 Å². The minimum Gasteiger partial charge on any atom is -0.361 e. The third-order valence-electron chi connectivity index (χ3n) is 2.56. The van der Waals surface area contributed by atoms with Crippen molar-refractivity contribution in [1.29, 1.82) is 0 Å². The van der Waals surface area contributed by atoms with Crippen LogP contribution in [0.2, 0.25) is 0 Å². The van der Waals surface area contributed by atoms with Gasteiger partial charge in [0.2, 0.25) is 0 Å². The number of hydrogen-bond donors (Lipinski definition) is 1. The summed E-state index contributed by atoms with van der Waals surface area (Å²) < 4.78 is 0. The summed E-state index contributed by atoms with van der Waals surface area (Å²) in [6.07, 6.45) is 1.99. The van der Waals surface area contributed by atoms with E-state index in [9.17, 15) is 0 Å². The largest absolute Gasteiger partial charge is 0.361 e. The third-order valence-corrected chi connectivity index (χ3v) is 2.56. The first kappa shape index (κ1) is 8.36. The Balaban J connectivity index is 2.69. The first-order chi connectivity index (χ1) is 6.18. The van der Waals surface area contributed by atoms with Crippen LogP contribution in [0.1, 0.15) is 30.9 Å². The Hall–Kier alpha value is -1.24. The molecule has 0 saturated heterocycles. The predicted molar refractivity (Wildman–Crippen MR) is 57.1 cm³/mol. The topological polar surface area (TPSA) is 15.8 Å². The number of benzene rings is 1. The third kappa shape index (κ3) is 1.35. The van der Waals surface area contributed by atoms with Crippen LogP contribution in [0.5, 0.6) is 0 Å². The van der Waals surface area contributed by atoms with E-state index in [1.807, 2.05) is 6.20 Å². The summed E-state index contributed by atoms with van der Waals surface area (Å²) in [4.78, 5) is 3.23. The van der Waals surface area contributed by atoms with Crippen LogP contribution >= 0.6 is 0 Å². The lowest BCUT2D eigenvalue weighted by atomic mass is 9.96. The molecule has 0 amide bonds. The van der Waals surface area contributed by atoms with Crippen LogP contribution in [-0.2, 0) is 0 Å². The van der Waals surface area contributed by atoms with Gasteiger partial charge in [-0.15, -0.1) is 0 Å². The number of rotatable bonds is 1. The Kier molecular flexibility index (Phi) is 1.87. The highest BCUT2D eigenvalue weighted by Gasteiger charge is 2.05. The first-order valence-electron chi connectivity index (χ1n) is 4.76. The normalized spacial score (nSPS) is 11.4. The smallest absolute Gasteiger partial charge is 0.0456 e. The molecule has 0 fully saturated rings. The molecular formula is C12H15N. The van der Waals surface area contributed by atoms with Crippen molar-refractivity contribution >= 4 is 10.9 Å². The predicted octanol–water partition coefficient (Wildman–Crippen LogP) is 3.60. The first-order valence-corrected chi connectivity index (χ1v) is 4.76. The fourth-order valence-electron chi connectivity index (χ4n) is 1.85. The van der Waals surface area contributed by atoms with Crippen LogP contribution in [0.4, 0.5) is 0 Å². The quantitative estimate of drug-likeness (QED) is 0.678. The molecular weight excluding hydrogens is 158 g/mol. The zero-order valence-electron chi connectivity index (χ0n) is 8.39. The molecule has 0 aliphatic rings. The molecule has 2 rings (SSSR count). The summed E-state index contributed by atoms with van der Waals surface area (Å²) in [5, 5.41) is 1.31. The average molecular weight is 173 g/mol. The molecule has 0 radical (unpaired) electrons. The van der Waals surface area contributed by atoms with Crippen molar-refractivity contribution in [3.05, 3.63) is 35.5 Å². The fourth-order valence-corrected chi connectivity index (χ4v) is 1.85. The van der Waals surface area contributed by atoms with E-state index in [1.54, 1.807) is 0 Å². The minimum atomic E-state index is 0.610. The van der Waals surface area contributed by atoms with Gasteiger partial charge in [-0.1, -0.05) is 13.8 Å². The van der Waals surface area contributed by atoms with Gasteiger partial charge >= 0.3 is 0 Å². The van der Waals surface area contributed by atoms with Gasteiger partial charge in [0.25, 0.3) is 0 Å². The molecule has 68 valence electrons. The van der Waals surface area contributed by atoms with Crippen LogP contribution < -0.4 is 0 Å². The highest BCUT2D eigenvalue weighted by Crippen LogP contribution is 2.24. The van der Waals surface area contributed by atoms with Crippen molar-refractivity contribution in [3.63, 3.8) is 0 Å². The van der Waals surface area contributed by atoms with Crippen LogP contribution in [-0.4, -0.2) is 4.98 Å². The summed E-state index contributed by atoms with van der Waals surface area (Å²) in [6.45, 7) is 6.65. The Morgan fingerprint density at radius 3 is 2.69 bits per heavy atom. The summed E-state index contributed by atoms with van der Waals surface area (Å²) in [5.74, 6) is 0.610. The monoisotopic (exact) mass is 173 g/mol. The number of H-pyrrole nitrogens is 1. The van der Waals surface area contributed by atoms with E-state index in [2.05, 4.69) is 44.0 Å². The van der Waals surface area contributed by atoms with Crippen molar-refractivity contribution < 1.29 is 0 Å². The number of aryl methyl sites for hydroxylation is 1. The number of fused-ring (bicyclic) bond motifs is 1. The zero-order chi connectivity index (χ0) is 9.42. The van der Waals surface area contributed by atoms with Gasteiger partial charge in [0, 0.05) is 11.7 Å². The molecule has 1 aromatic heterocycles. The fraction of sp³-hybridized carbons (Fsp3) is 0.333. The molecule has 0 aliphatic heterocycles. The van der Waals surface area contributed by atoms with E-state index in [0.717, 1.165) is 0 Å². The van der Waals surface area contributed by atoms with E-state index in [4.69, 9.17) is 0 Å². The molecule has 0 atom stereocenters. The minimum absolute atomic E-state index is 0.610. The Morgan fingerprint density at radius 1 is 1.23 bits per heavy atom. The van der Waals surface area contributed by atoms with E-state index in [-0.39, 0.29) is 0 Å². The van der Waals surface area contributed by atoms with Crippen molar-refractivity contribution in [2.24, 2.45) is 0 Å². The van der Waals surface area contributed by atoms with Gasteiger partial charge in [-0.2, -0.15) is 0 Å². The van der Waals surface area contributed by atoms with Gasteiger partial charge in [-0.05, 0) is 47.6 Å². The van der Waals surface area contributed by atoms with Crippen molar-refractivity contribution in [3.8, 4) is 0 Å². The van der Waals surface area contributed by atoms with Gasteiger partial charge < -0.3 is 4.98 Å². The number of aromatic nitrogens is 1. The lowest BCUT2D eigenvalue weighted by molar-refractivity contribution is 0.859. The van der Waals surface area contributed by atoms with Crippen molar-refractivity contribution in [1.82, 2.24) is 4.98 Å². The highest BCUT2D eigenvalue weighted by atomic mass is 14.7. The molecule has 1 heterocycles. The van der Waals surface area contributed by atoms with Gasteiger partial charge in [0.05, 0.1) is 0 Å². The van der Waals surface area contributed by atoms with Gasteiger partial charge in [0.15, 0.2) is 0 Å². The maximum absolute atomic E-state index is 3.23. The van der Waals surface area contributed by atoms with Crippen LogP contribution in [0.3, 0.4) is 0 Å². The van der Waals surface area contributed by atoms with Crippen molar-refractivity contribution in [2.75, 3.05) is 0 Å². The molecule has 1 aromatic carbocycles. The molecule has 0 unspecified atom stereocenters. The molecule has 2 aromatic rings. The van der Waals surface area contributed by atoms with E-state index in [0.29, 0.717) is 5.92 Å². The van der Waals surface area contributed by atoms with Gasteiger partial charge in [-0.25, -0.2) is 0 Å². The lowest BCUT2D eigenvalue weighted by Gasteiger charge is -2.09. The van der Waals surface area contributed by atoms with Crippen LogP contribution in [0, 0.1) is 6.92 Å². The Morgan fingerprint density at radius 2 is 2.00 bits per heavy atom. The average Bonchev–Trinajstić information content (AvgIpc) is 2.48. The molecule has 13 heavy (non-hydrogen) atoms. The molecule has 0 bridgehead atoms. The Labute approximate surface area is 78.8 Å². The summed E-state index contributed by atoms with van der Waals surface area (Å²) >= 11 is 0. The van der Waals surface area contributed by atoms with Gasteiger partial charge in [-0.3, -0.25) is 0 Å². The van der Waals surface area contributed by atoms with E-state index in [1.165, 1.54) is 22.0 Å². The lowest BCUT2D eigenvalue weighted by Crippen LogP contribution is -1.91. The molecule has 0 saturated carbocycles. The molecule has 0 aliphatic carbocycles. The van der Waals surface area contributed by atoms with E-state index >= 15 is 0 Å². The number of nitrogens with one attached hydrogen (secondary N) is 1. The SMILES string of the molecule is Cc1cc2[nH]ccc2cc1C(C)C. The standard InChI is InChI=1S/C12H15N/c1-8(2)11-7-10-4-5-13-12(10)6-9(11)3/h4-8,13H,1-3H3. The highest BCUT2D eigenvalue weighted by molar-refractivity contribution is 5.81. The summed E-state index contributed by atoms with van der Waals surface area (Å²) in [7, 11) is 0. The van der Waals surface area contributed by atoms with Gasteiger partial charge in [0.1, 0.15) is 0 Å². The number of aromatic amines is 1. The second-order valence-electron chi connectivity index (χ2n) is 3.93. The summed E-state index contributed by atoms with van der Waals surface area (Å²) in [6, 6.07) is 6.64. The van der Waals surface area contributed by atoms with Crippen LogP contribution in [0.15, 0.2) is 24.4 Å². The summed E-state index contributed by atoms with van der Waals surface area (Å²) in [5.41, 5.74) is 4.07. The second kappa shape index (κ2) is 2.91. The molecule has 1 N–H and O–H groups in total. The number of hydrogen-bond acceptors (Lipinski definition) is 0. The Bertz CT molecular complexity index is 424. The maximum Gasteiger partial charge on any atom is 0.0456 e. The maximum atomic E-state index is 3.23.